The van der Waals surface area contributed by atoms with Crippen LogP contribution in [0.4, 0.5) is 13.2 Å². The fourth-order valence-electron chi connectivity index (χ4n) is 3.33. The third-order valence-electron chi connectivity index (χ3n) is 5.08. The first-order valence-corrected chi connectivity index (χ1v) is 10.4. The number of sulfonamides is 1. The number of alkyl halides is 3. The molecule has 1 saturated carbocycles. The van der Waals surface area contributed by atoms with E-state index in [9.17, 15) is 21.6 Å². The summed E-state index contributed by atoms with van der Waals surface area (Å²) in [4.78, 5) is 6.87. The summed E-state index contributed by atoms with van der Waals surface area (Å²) >= 11 is 0. The Labute approximate surface area is 156 Å². The molecule has 0 bridgehead atoms. The molecule has 0 aromatic carbocycles. The highest BCUT2D eigenvalue weighted by Crippen LogP contribution is 2.35. The van der Waals surface area contributed by atoms with Gasteiger partial charge in [0.2, 0.25) is 10.0 Å². The zero-order chi connectivity index (χ0) is 20.0. The van der Waals surface area contributed by atoms with Gasteiger partial charge < -0.3 is 4.98 Å². The fraction of sp³-hybridized carbons (Fsp3) is 0.611. The molecule has 0 amide bonds. The van der Waals surface area contributed by atoms with Gasteiger partial charge in [0.05, 0.1) is 15.8 Å². The molecule has 0 aliphatic heterocycles. The minimum absolute atomic E-state index is 0.107. The maximum absolute atomic E-state index is 12.8. The number of nitrogens with one attached hydrogen (secondary N) is 2. The van der Waals surface area contributed by atoms with Gasteiger partial charge in [-0.1, -0.05) is 0 Å². The van der Waals surface area contributed by atoms with Crippen LogP contribution >= 0.6 is 0 Å². The van der Waals surface area contributed by atoms with E-state index in [1.807, 2.05) is 0 Å². The van der Waals surface area contributed by atoms with E-state index in [2.05, 4.69) is 14.7 Å². The third kappa shape index (κ3) is 4.29. The van der Waals surface area contributed by atoms with E-state index in [0.717, 1.165) is 24.6 Å². The van der Waals surface area contributed by atoms with Crippen LogP contribution in [0.1, 0.15) is 63.8 Å². The summed E-state index contributed by atoms with van der Waals surface area (Å²) in [5.41, 5.74) is 0.832. The minimum Gasteiger partial charge on any atom is -0.357 e. The number of hydrogen-bond acceptors (Lipinski definition) is 3. The molecule has 1 fully saturated rings. The Hall–Kier alpha value is -1.61. The number of halogens is 3. The van der Waals surface area contributed by atoms with Gasteiger partial charge in [-0.05, 0) is 70.6 Å². The number of aromatic nitrogens is 2. The number of aromatic amines is 1. The average molecular weight is 403 g/mol. The van der Waals surface area contributed by atoms with E-state index in [0.29, 0.717) is 23.9 Å². The molecule has 0 saturated heterocycles. The van der Waals surface area contributed by atoms with Crippen LogP contribution in [0, 0.1) is 0 Å². The summed E-state index contributed by atoms with van der Waals surface area (Å²) in [5, 5.41) is 0. The van der Waals surface area contributed by atoms with Gasteiger partial charge in [-0.25, -0.2) is 18.1 Å². The van der Waals surface area contributed by atoms with E-state index in [4.69, 9.17) is 0 Å². The second kappa shape index (κ2) is 6.77. The molecule has 2 heterocycles. The Morgan fingerprint density at radius 3 is 2.30 bits per heavy atom. The van der Waals surface area contributed by atoms with Gasteiger partial charge in [0.25, 0.3) is 0 Å². The topological polar surface area (TPSA) is 74.8 Å². The van der Waals surface area contributed by atoms with E-state index >= 15 is 0 Å². The summed E-state index contributed by atoms with van der Waals surface area (Å²) in [5.74, 6) is 0.156. The van der Waals surface area contributed by atoms with Crippen molar-refractivity contribution in [3.8, 4) is 0 Å². The van der Waals surface area contributed by atoms with Gasteiger partial charge in [0.15, 0.2) is 0 Å². The first kappa shape index (κ1) is 20.1. The van der Waals surface area contributed by atoms with Crippen molar-refractivity contribution in [2.24, 2.45) is 0 Å². The average Bonchev–Trinajstić information content (AvgIpc) is 2.96. The van der Waals surface area contributed by atoms with Crippen molar-refractivity contribution in [1.29, 1.82) is 0 Å². The van der Waals surface area contributed by atoms with Crippen molar-refractivity contribution in [1.82, 2.24) is 14.7 Å². The predicted octanol–water partition coefficient (Wildman–Crippen LogP) is 4.33. The Kier molecular flexibility index (Phi) is 5.05. The molecule has 0 radical (unpaired) electrons. The second-order valence-corrected chi connectivity index (χ2v) is 10.6. The quantitative estimate of drug-likeness (QED) is 0.801. The van der Waals surface area contributed by atoms with Crippen molar-refractivity contribution in [2.75, 3.05) is 0 Å². The molecule has 2 aromatic rings. The van der Waals surface area contributed by atoms with Crippen LogP contribution < -0.4 is 4.72 Å². The SMILES string of the molecule is CC(C)(C)S(=O)(=O)NC1CCC(c2cc3nc(C(F)(F)F)ccc3[nH]2)CC1. The Morgan fingerprint density at radius 2 is 1.74 bits per heavy atom. The molecule has 1 aliphatic rings. The Balaban J connectivity index is 1.69. The maximum atomic E-state index is 12.8. The number of pyridine rings is 1. The molecule has 1 aliphatic carbocycles. The number of nitrogens with zero attached hydrogens (tertiary/aromatic N) is 1. The summed E-state index contributed by atoms with van der Waals surface area (Å²) in [7, 11) is -3.39. The molecule has 2 aromatic heterocycles. The number of hydrogen-bond donors (Lipinski definition) is 2. The van der Waals surface area contributed by atoms with E-state index in [1.165, 1.54) is 6.07 Å². The van der Waals surface area contributed by atoms with E-state index < -0.39 is 26.6 Å². The summed E-state index contributed by atoms with van der Waals surface area (Å²) < 4.78 is 64.9. The Bertz CT molecular complexity index is 921. The van der Waals surface area contributed by atoms with Gasteiger partial charge in [-0.2, -0.15) is 13.2 Å². The zero-order valence-electron chi connectivity index (χ0n) is 15.5. The summed E-state index contributed by atoms with van der Waals surface area (Å²) in [6.45, 7) is 4.98. The van der Waals surface area contributed by atoms with Crippen LogP contribution in [0.2, 0.25) is 0 Å². The van der Waals surface area contributed by atoms with Crippen molar-refractivity contribution in [3.63, 3.8) is 0 Å². The summed E-state index contributed by atoms with van der Waals surface area (Å²) in [6.07, 6.45) is -1.56. The molecular formula is C18H24F3N3O2S. The monoisotopic (exact) mass is 403 g/mol. The van der Waals surface area contributed by atoms with Crippen LogP contribution in [-0.2, 0) is 16.2 Å². The molecule has 150 valence electrons. The lowest BCUT2D eigenvalue weighted by Crippen LogP contribution is -2.45. The van der Waals surface area contributed by atoms with Crippen LogP contribution in [-0.4, -0.2) is 29.2 Å². The van der Waals surface area contributed by atoms with E-state index in [1.54, 1.807) is 26.8 Å². The van der Waals surface area contributed by atoms with Crippen LogP contribution in [0.15, 0.2) is 18.2 Å². The first-order valence-electron chi connectivity index (χ1n) is 8.95. The lowest BCUT2D eigenvalue weighted by molar-refractivity contribution is -0.140. The molecule has 0 spiro atoms. The van der Waals surface area contributed by atoms with Gasteiger partial charge in [-0.15, -0.1) is 0 Å². The van der Waals surface area contributed by atoms with Gasteiger partial charge in [0.1, 0.15) is 5.69 Å². The largest absolute Gasteiger partial charge is 0.433 e. The summed E-state index contributed by atoms with van der Waals surface area (Å²) in [6, 6.07) is 3.94. The standard InChI is InChI=1S/C18H24F3N3O2S/c1-17(2,3)27(25,26)24-12-6-4-11(5-7-12)14-10-15-13(22-14)8-9-16(23-15)18(19,20)21/h8-12,22,24H,4-7H2,1-3H3. The highest BCUT2D eigenvalue weighted by atomic mass is 32.2. The molecule has 27 heavy (non-hydrogen) atoms. The highest BCUT2D eigenvalue weighted by Gasteiger charge is 2.34. The van der Waals surface area contributed by atoms with Crippen molar-refractivity contribution >= 4 is 21.1 Å². The van der Waals surface area contributed by atoms with Crippen molar-refractivity contribution < 1.29 is 21.6 Å². The first-order chi connectivity index (χ1) is 12.4. The smallest absolute Gasteiger partial charge is 0.357 e. The van der Waals surface area contributed by atoms with Gasteiger partial charge in [0, 0.05) is 11.7 Å². The second-order valence-electron chi connectivity index (χ2n) is 8.13. The minimum atomic E-state index is -4.46. The normalized spacial score (nSPS) is 22.3. The maximum Gasteiger partial charge on any atom is 0.433 e. The number of H-pyrrole nitrogens is 1. The van der Waals surface area contributed by atoms with Crippen molar-refractivity contribution in [3.05, 3.63) is 29.6 Å². The Morgan fingerprint density at radius 1 is 1.11 bits per heavy atom. The van der Waals surface area contributed by atoms with Crippen LogP contribution in [0.25, 0.3) is 11.0 Å². The molecular weight excluding hydrogens is 379 g/mol. The predicted molar refractivity (Wildman–Crippen MR) is 97.9 cm³/mol. The third-order valence-corrected chi connectivity index (χ3v) is 7.34. The molecule has 5 nitrogen and oxygen atoms in total. The fourth-order valence-corrected chi connectivity index (χ4v) is 4.35. The van der Waals surface area contributed by atoms with Gasteiger partial charge >= 0.3 is 6.18 Å². The van der Waals surface area contributed by atoms with Crippen molar-refractivity contribution in [2.45, 2.75) is 69.3 Å². The lowest BCUT2D eigenvalue weighted by Gasteiger charge is -2.31. The molecule has 9 heteroatoms. The van der Waals surface area contributed by atoms with Gasteiger partial charge in [-0.3, -0.25) is 0 Å². The molecule has 2 N–H and O–H groups in total. The van der Waals surface area contributed by atoms with Crippen LogP contribution in [0.5, 0.6) is 0 Å². The molecule has 3 rings (SSSR count). The van der Waals surface area contributed by atoms with Crippen LogP contribution in [0.3, 0.4) is 0 Å². The lowest BCUT2D eigenvalue weighted by atomic mass is 9.84. The number of rotatable bonds is 3. The molecule has 0 atom stereocenters. The number of fused-ring (bicyclic) bond motifs is 1. The van der Waals surface area contributed by atoms with E-state index in [-0.39, 0.29) is 12.0 Å². The molecule has 0 unspecified atom stereocenters. The zero-order valence-corrected chi connectivity index (χ0v) is 16.3. The highest BCUT2D eigenvalue weighted by molar-refractivity contribution is 7.90.